The van der Waals surface area contributed by atoms with E-state index in [1.54, 1.807) is 43.1 Å². The highest BCUT2D eigenvalue weighted by molar-refractivity contribution is 7.09. The van der Waals surface area contributed by atoms with E-state index < -0.39 is 18.5 Å². The molecule has 0 aliphatic heterocycles. The van der Waals surface area contributed by atoms with E-state index in [9.17, 15) is 14.4 Å². The number of hydrogen-bond acceptors (Lipinski definition) is 6. The van der Waals surface area contributed by atoms with Crippen LogP contribution in [0, 0.1) is 13.8 Å². The second-order valence-electron chi connectivity index (χ2n) is 6.06. The second kappa shape index (κ2) is 9.89. The topological polar surface area (TPSA) is 88.7 Å². The Morgan fingerprint density at radius 1 is 1.25 bits per heavy atom. The molecule has 28 heavy (non-hydrogen) atoms. The summed E-state index contributed by atoms with van der Waals surface area (Å²) in [6, 6.07) is 3.85. The first kappa shape index (κ1) is 21.4. The Kier molecular flexibility index (Phi) is 7.57. The van der Waals surface area contributed by atoms with Crippen molar-refractivity contribution in [2.75, 3.05) is 19.8 Å². The number of thiophene rings is 1. The van der Waals surface area contributed by atoms with Gasteiger partial charge in [-0.25, -0.2) is 9.59 Å². The molecule has 0 spiro atoms. The van der Waals surface area contributed by atoms with Gasteiger partial charge in [-0.3, -0.25) is 4.79 Å². The zero-order valence-electron chi connectivity index (χ0n) is 16.2. The largest absolute Gasteiger partial charge is 0.461 e. The smallest absolute Gasteiger partial charge is 0.355 e. The Morgan fingerprint density at radius 3 is 2.61 bits per heavy atom. The summed E-state index contributed by atoms with van der Waals surface area (Å²) >= 11 is 1.55. The van der Waals surface area contributed by atoms with E-state index in [1.165, 1.54) is 0 Å². The molecule has 0 aliphatic carbocycles. The summed E-state index contributed by atoms with van der Waals surface area (Å²) in [7, 11) is 0. The Labute approximate surface area is 167 Å². The van der Waals surface area contributed by atoms with Crippen LogP contribution in [0.3, 0.4) is 0 Å². The third-order valence-electron chi connectivity index (χ3n) is 4.08. The molecular weight excluding hydrogens is 380 g/mol. The Bertz CT molecular complexity index is 854. The van der Waals surface area contributed by atoms with E-state index in [0.717, 1.165) is 4.88 Å². The number of nitrogens with one attached hydrogen (secondary N) is 1. The van der Waals surface area contributed by atoms with Gasteiger partial charge in [0.2, 0.25) is 0 Å². The molecule has 0 fully saturated rings. The van der Waals surface area contributed by atoms with E-state index in [2.05, 4.69) is 11.6 Å². The van der Waals surface area contributed by atoms with Crippen LogP contribution >= 0.6 is 11.3 Å². The van der Waals surface area contributed by atoms with Gasteiger partial charge in [-0.15, -0.1) is 17.9 Å². The average molecular weight is 404 g/mol. The molecule has 1 N–H and O–H groups in total. The Hall–Kier alpha value is -2.87. The van der Waals surface area contributed by atoms with Crippen LogP contribution in [0.5, 0.6) is 0 Å². The molecule has 150 valence electrons. The van der Waals surface area contributed by atoms with Gasteiger partial charge in [0.1, 0.15) is 5.69 Å². The van der Waals surface area contributed by atoms with Crippen molar-refractivity contribution >= 4 is 29.2 Å². The van der Waals surface area contributed by atoms with Crippen LogP contribution < -0.4 is 0 Å². The molecule has 7 nitrogen and oxygen atoms in total. The molecule has 0 unspecified atom stereocenters. The van der Waals surface area contributed by atoms with Crippen molar-refractivity contribution in [2.24, 2.45) is 0 Å². The highest BCUT2D eigenvalue weighted by atomic mass is 32.1. The minimum atomic E-state index is -0.662. The quantitative estimate of drug-likeness (QED) is 0.512. The number of hydrogen-bond donors (Lipinski definition) is 1. The predicted molar refractivity (Wildman–Crippen MR) is 106 cm³/mol. The van der Waals surface area contributed by atoms with Gasteiger partial charge in [-0.05, 0) is 37.8 Å². The molecule has 2 aromatic rings. The number of H-pyrrole nitrogens is 1. The van der Waals surface area contributed by atoms with E-state index in [0.29, 0.717) is 24.3 Å². The fourth-order valence-electron chi connectivity index (χ4n) is 2.76. The summed E-state index contributed by atoms with van der Waals surface area (Å²) in [5.41, 5.74) is 1.38. The number of aryl methyl sites for hydroxylation is 1. The standard InChI is InChI=1S/C20H24N2O5S/c1-5-9-22(11-15-8-7-10-28-15)16(23)12-27-19(24)17-13(3)18(21-14(17)4)20(25)26-6-2/h5,7-8,10,21H,1,6,9,11-12H2,2-4H3. The molecule has 8 heteroatoms. The molecule has 0 aromatic carbocycles. The average Bonchev–Trinajstić information content (AvgIpc) is 3.27. The van der Waals surface area contributed by atoms with Gasteiger partial charge >= 0.3 is 11.9 Å². The van der Waals surface area contributed by atoms with E-state index in [1.807, 2.05) is 17.5 Å². The number of amides is 1. The first-order valence-electron chi connectivity index (χ1n) is 8.83. The summed E-state index contributed by atoms with van der Waals surface area (Å²) in [5, 5.41) is 1.94. The lowest BCUT2D eigenvalue weighted by Crippen LogP contribution is -2.34. The lowest BCUT2D eigenvalue weighted by molar-refractivity contribution is -0.134. The van der Waals surface area contributed by atoms with E-state index in [4.69, 9.17) is 9.47 Å². The third-order valence-corrected chi connectivity index (χ3v) is 4.94. The van der Waals surface area contributed by atoms with Crippen LogP contribution in [-0.2, 0) is 20.8 Å². The summed E-state index contributed by atoms with van der Waals surface area (Å²) < 4.78 is 10.2. The van der Waals surface area contributed by atoms with Crippen molar-refractivity contribution in [2.45, 2.75) is 27.3 Å². The molecule has 0 radical (unpaired) electrons. The van der Waals surface area contributed by atoms with Crippen LogP contribution in [-0.4, -0.2) is 47.5 Å². The third kappa shape index (κ3) is 5.10. The van der Waals surface area contributed by atoms with Crippen molar-refractivity contribution < 1.29 is 23.9 Å². The number of esters is 2. The lowest BCUT2D eigenvalue weighted by Gasteiger charge is -2.20. The van der Waals surface area contributed by atoms with Crippen molar-refractivity contribution in [3.05, 3.63) is 57.6 Å². The van der Waals surface area contributed by atoms with Gasteiger partial charge in [0, 0.05) is 17.1 Å². The minimum absolute atomic E-state index is 0.212. The first-order valence-corrected chi connectivity index (χ1v) is 9.71. The van der Waals surface area contributed by atoms with Crippen molar-refractivity contribution in [3.8, 4) is 0 Å². The maximum absolute atomic E-state index is 12.5. The number of aromatic nitrogens is 1. The van der Waals surface area contributed by atoms with E-state index >= 15 is 0 Å². The molecule has 0 bridgehead atoms. The van der Waals surface area contributed by atoms with Crippen LogP contribution in [0.2, 0.25) is 0 Å². The van der Waals surface area contributed by atoms with Crippen LogP contribution in [0.25, 0.3) is 0 Å². The highest BCUT2D eigenvalue weighted by Crippen LogP contribution is 2.20. The zero-order valence-corrected chi connectivity index (χ0v) is 17.1. The van der Waals surface area contributed by atoms with Crippen LogP contribution in [0.4, 0.5) is 0 Å². The van der Waals surface area contributed by atoms with Gasteiger partial charge in [0.15, 0.2) is 6.61 Å². The van der Waals surface area contributed by atoms with Gasteiger partial charge in [0.25, 0.3) is 5.91 Å². The molecular formula is C20H24N2O5S. The minimum Gasteiger partial charge on any atom is -0.461 e. The number of carbonyl (C=O) groups excluding carboxylic acids is 3. The Morgan fingerprint density at radius 2 is 2.00 bits per heavy atom. The predicted octanol–water partition coefficient (Wildman–Crippen LogP) is 3.24. The van der Waals surface area contributed by atoms with Gasteiger partial charge < -0.3 is 19.4 Å². The number of carbonyl (C=O) groups is 3. The van der Waals surface area contributed by atoms with Gasteiger partial charge in [-0.2, -0.15) is 0 Å². The van der Waals surface area contributed by atoms with Gasteiger partial charge in [0.05, 0.1) is 18.7 Å². The fourth-order valence-corrected chi connectivity index (χ4v) is 3.47. The number of ether oxygens (including phenoxy) is 2. The SMILES string of the molecule is C=CCN(Cc1cccs1)C(=O)COC(=O)c1c(C)[nH]c(C(=O)OCC)c1C. The van der Waals surface area contributed by atoms with Crippen molar-refractivity contribution in [1.29, 1.82) is 0 Å². The zero-order chi connectivity index (χ0) is 20.7. The normalized spacial score (nSPS) is 10.4. The monoisotopic (exact) mass is 404 g/mol. The van der Waals surface area contributed by atoms with Crippen LogP contribution in [0.1, 0.15) is 43.9 Å². The maximum atomic E-state index is 12.5. The van der Waals surface area contributed by atoms with Gasteiger partial charge in [-0.1, -0.05) is 12.1 Å². The molecule has 0 saturated carbocycles. The summed E-state index contributed by atoms with van der Waals surface area (Å²) in [4.78, 5) is 42.4. The second-order valence-corrected chi connectivity index (χ2v) is 7.10. The summed E-state index contributed by atoms with van der Waals surface area (Å²) in [6.07, 6.45) is 1.62. The highest BCUT2D eigenvalue weighted by Gasteiger charge is 2.25. The number of rotatable bonds is 9. The van der Waals surface area contributed by atoms with Crippen LogP contribution in [0.15, 0.2) is 30.2 Å². The van der Waals surface area contributed by atoms with E-state index in [-0.39, 0.29) is 23.8 Å². The maximum Gasteiger partial charge on any atom is 0.355 e. The first-order chi connectivity index (χ1) is 13.4. The molecule has 1 amide bonds. The molecule has 2 aromatic heterocycles. The number of nitrogens with zero attached hydrogens (tertiary/aromatic N) is 1. The Balaban J connectivity index is 2.05. The molecule has 2 rings (SSSR count). The summed E-state index contributed by atoms with van der Waals surface area (Å²) in [5.74, 6) is -1.52. The summed E-state index contributed by atoms with van der Waals surface area (Å²) in [6.45, 7) is 9.28. The molecule has 0 saturated heterocycles. The lowest BCUT2D eigenvalue weighted by atomic mass is 10.1. The molecule has 2 heterocycles. The van der Waals surface area contributed by atoms with Crippen molar-refractivity contribution in [1.82, 2.24) is 9.88 Å². The van der Waals surface area contributed by atoms with Crippen molar-refractivity contribution in [3.63, 3.8) is 0 Å². The fraction of sp³-hybridized carbons (Fsp3) is 0.350. The number of aromatic amines is 1. The molecule has 0 atom stereocenters. The molecule has 0 aliphatic rings.